The van der Waals surface area contributed by atoms with Crippen molar-refractivity contribution in [3.8, 4) is 0 Å². The zero-order chi connectivity index (χ0) is 10.0. The molecule has 0 heterocycles. The Kier molecular flexibility index (Phi) is 2.81. The number of benzene rings is 1. The normalized spacial score (nSPS) is 12.5. The first-order valence-electron chi connectivity index (χ1n) is 3.12. The third-order valence-electron chi connectivity index (χ3n) is 1.35. The molecule has 0 radical (unpaired) electrons. The molecule has 0 aromatic heterocycles. The standard InChI is InChI=1S/C6H5FN2O3S/c7-5-2-1-4(13(8)12)3-6(5)9(10)11/h1-3H,8H2. The van der Waals surface area contributed by atoms with Gasteiger partial charge in [0.2, 0.25) is 5.82 Å². The molecule has 0 bridgehead atoms. The Balaban J connectivity index is 3.19. The van der Waals surface area contributed by atoms with Crippen LogP contribution in [0.3, 0.4) is 0 Å². The van der Waals surface area contributed by atoms with E-state index in [9.17, 15) is 19.1 Å². The Morgan fingerprint density at radius 1 is 1.54 bits per heavy atom. The van der Waals surface area contributed by atoms with Crippen LogP contribution < -0.4 is 5.14 Å². The molecule has 0 aliphatic carbocycles. The summed E-state index contributed by atoms with van der Waals surface area (Å²) in [5.41, 5.74) is -0.726. The van der Waals surface area contributed by atoms with Gasteiger partial charge in [0.1, 0.15) is 0 Å². The lowest BCUT2D eigenvalue weighted by atomic mass is 10.3. The molecule has 5 nitrogen and oxygen atoms in total. The van der Waals surface area contributed by atoms with Gasteiger partial charge in [-0.3, -0.25) is 10.1 Å². The molecule has 1 rings (SSSR count). The van der Waals surface area contributed by atoms with E-state index in [1.807, 2.05) is 0 Å². The van der Waals surface area contributed by atoms with E-state index in [-0.39, 0.29) is 4.90 Å². The van der Waals surface area contributed by atoms with Gasteiger partial charge in [0.25, 0.3) is 0 Å². The van der Waals surface area contributed by atoms with Crippen LogP contribution in [0.5, 0.6) is 0 Å². The summed E-state index contributed by atoms with van der Waals surface area (Å²) in [6.45, 7) is 0. The van der Waals surface area contributed by atoms with Crippen LogP contribution in [0.15, 0.2) is 23.1 Å². The maximum Gasteiger partial charge on any atom is 0.309 e. The molecule has 0 amide bonds. The van der Waals surface area contributed by atoms with Crippen molar-refractivity contribution >= 4 is 17.0 Å². The summed E-state index contributed by atoms with van der Waals surface area (Å²) >= 11 is -1.84. The number of nitro groups is 1. The summed E-state index contributed by atoms with van der Waals surface area (Å²) in [5.74, 6) is -0.973. The molecule has 7 heteroatoms. The molecule has 2 N–H and O–H groups in total. The average molecular weight is 204 g/mol. The molecule has 0 fully saturated rings. The predicted molar refractivity (Wildman–Crippen MR) is 43.7 cm³/mol. The maximum atomic E-state index is 12.7. The van der Waals surface area contributed by atoms with Crippen LogP contribution in [0.2, 0.25) is 0 Å². The fraction of sp³-hybridized carbons (Fsp3) is 0. The van der Waals surface area contributed by atoms with Gasteiger partial charge in [0.05, 0.1) is 22.4 Å². The van der Waals surface area contributed by atoms with Gasteiger partial charge in [-0.05, 0) is 12.1 Å². The molecule has 70 valence electrons. The van der Waals surface area contributed by atoms with Crippen LogP contribution in [-0.2, 0) is 11.4 Å². The van der Waals surface area contributed by atoms with Crippen molar-refractivity contribution in [2.75, 3.05) is 0 Å². The lowest BCUT2D eigenvalue weighted by molar-refractivity contribution is -0.387. The predicted octanol–water partition coefficient (Wildman–Crippen LogP) is 0.715. The van der Waals surface area contributed by atoms with E-state index in [0.29, 0.717) is 0 Å². The average Bonchev–Trinajstić information content (AvgIpc) is 2.04. The van der Waals surface area contributed by atoms with Crippen molar-refractivity contribution in [2.24, 2.45) is 5.14 Å². The second kappa shape index (κ2) is 3.69. The number of hydrogen-bond donors (Lipinski definition) is 1. The summed E-state index contributed by atoms with van der Waals surface area (Å²) in [6.07, 6.45) is 0. The molecule has 1 atom stereocenters. The molecule has 0 aliphatic rings. The van der Waals surface area contributed by atoms with Crippen molar-refractivity contribution in [1.82, 2.24) is 0 Å². The first-order valence-corrected chi connectivity index (χ1v) is 4.34. The number of hydrogen-bond acceptors (Lipinski definition) is 4. The fourth-order valence-electron chi connectivity index (χ4n) is 0.758. The van der Waals surface area contributed by atoms with Gasteiger partial charge in [-0.1, -0.05) is 0 Å². The minimum absolute atomic E-state index is 0.0214. The van der Waals surface area contributed by atoms with Crippen LogP contribution in [0, 0.1) is 15.9 Å². The van der Waals surface area contributed by atoms with Gasteiger partial charge in [0, 0.05) is 0 Å². The molecule has 1 unspecified atom stereocenters. The highest BCUT2D eigenvalue weighted by Gasteiger charge is 2.18. The molecule has 1 aromatic rings. The highest BCUT2D eigenvalue weighted by Crippen LogP contribution is 2.20. The third-order valence-corrected chi connectivity index (χ3v) is 2.07. The molecule has 13 heavy (non-hydrogen) atoms. The molecule has 1 aromatic carbocycles. The first-order chi connectivity index (χ1) is 6.02. The van der Waals surface area contributed by atoms with Gasteiger partial charge in [-0.15, -0.1) is 5.14 Å². The van der Waals surface area contributed by atoms with Crippen molar-refractivity contribution < 1.29 is 13.9 Å². The number of nitrogens with two attached hydrogens (primary N) is 1. The number of halogens is 1. The van der Waals surface area contributed by atoms with Gasteiger partial charge >= 0.3 is 5.69 Å². The van der Waals surface area contributed by atoms with E-state index >= 15 is 0 Å². The van der Waals surface area contributed by atoms with Gasteiger partial charge in [0.15, 0.2) is 4.90 Å². The number of nitrogens with zero attached hydrogens (tertiary/aromatic N) is 1. The van der Waals surface area contributed by atoms with Crippen molar-refractivity contribution in [3.05, 3.63) is 34.1 Å². The van der Waals surface area contributed by atoms with Crippen LogP contribution in [-0.4, -0.2) is 9.48 Å². The Hall–Kier alpha value is -1.18. The topological polar surface area (TPSA) is 92.2 Å². The summed E-state index contributed by atoms with van der Waals surface area (Å²) < 4.78 is 23.4. The molecule has 0 saturated carbocycles. The van der Waals surface area contributed by atoms with Crippen LogP contribution >= 0.6 is 0 Å². The SMILES string of the molecule is N[S+]([O-])c1ccc(F)c([N+](=O)[O-])c1. The number of rotatable bonds is 2. The van der Waals surface area contributed by atoms with E-state index < -0.39 is 27.8 Å². The Labute approximate surface area is 75.8 Å². The molecule has 0 spiro atoms. The third kappa shape index (κ3) is 2.14. The summed E-state index contributed by atoms with van der Waals surface area (Å²) in [6, 6.07) is 2.85. The second-order valence-corrected chi connectivity index (χ2v) is 3.23. The van der Waals surface area contributed by atoms with E-state index in [4.69, 9.17) is 5.14 Å². The minimum atomic E-state index is -1.84. The molecular formula is C6H5FN2O3S. The van der Waals surface area contributed by atoms with Gasteiger partial charge in [-0.2, -0.15) is 4.39 Å². The lowest BCUT2D eigenvalue weighted by Crippen LogP contribution is -2.12. The zero-order valence-corrected chi connectivity index (χ0v) is 7.08. The zero-order valence-electron chi connectivity index (χ0n) is 6.27. The minimum Gasteiger partial charge on any atom is -0.593 e. The van der Waals surface area contributed by atoms with Crippen molar-refractivity contribution in [1.29, 1.82) is 0 Å². The fourth-order valence-corrected chi connectivity index (χ4v) is 1.19. The first kappa shape index (κ1) is 9.90. The molecule has 0 saturated heterocycles. The van der Waals surface area contributed by atoms with Crippen LogP contribution in [0.4, 0.5) is 10.1 Å². The second-order valence-electron chi connectivity index (χ2n) is 2.17. The Morgan fingerprint density at radius 2 is 2.15 bits per heavy atom. The van der Waals surface area contributed by atoms with E-state index in [1.54, 1.807) is 0 Å². The monoisotopic (exact) mass is 204 g/mol. The van der Waals surface area contributed by atoms with Crippen molar-refractivity contribution in [2.45, 2.75) is 4.90 Å². The highest BCUT2D eigenvalue weighted by atomic mass is 32.2. The number of nitro benzene ring substituents is 1. The van der Waals surface area contributed by atoms with Gasteiger partial charge < -0.3 is 4.55 Å². The Bertz CT molecular complexity index is 345. The maximum absolute atomic E-state index is 12.7. The Morgan fingerprint density at radius 3 is 2.62 bits per heavy atom. The summed E-state index contributed by atoms with van der Waals surface area (Å²) in [5, 5.41) is 15.2. The molecule has 0 aliphatic heterocycles. The van der Waals surface area contributed by atoms with Crippen LogP contribution in [0.25, 0.3) is 0 Å². The summed E-state index contributed by atoms with van der Waals surface area (Å²) in [7, 11) is 0. The van der Waals surface area contributed by atoms with E-state index in [1.165, 1.54) is 0 Å². The van der Waals surface area contributed by atoms with Gasteiger partial charge in [-0.25, -0.2) is 0 Å². The quantitative estimate of drug-likeness (QED) is 0.436. The van der Waals surface area contributed by atoms with E-state index in [2.05, 4.69) is 0 Å². The van der Waals surface area contributed by atoms with Crippen molar-refractivity contribution in [3.63, 3.8) is 0 Å². The largest absolute Gasteiger partial charge is 0.593 e. The molecular weight excluding hydrogens is 199 g/mol. The highest BCUT2D eigenvalue weighted by molar-refractivity contribution is 7.89. The summed E-state index contributed by atoms with van der Waals surface area (Å²) in [4.78, 5) is 9.35. The van der Waals surface area contributed by atoms with E-state index in [0.717, 1.165) is 18.2 Å². The van der Waals surface area contributed by atoms with Crippen LogP contribution in [0.1, 0.15) is 0 Å². The lowest BCUT2D eigenvalue weighted by Gasteiger charge is -2.01. The smallest absolute Gasteiger partial charge is 0.309 e.